The number of hydrogen-bond donors (Lipinski definition) is 0. The maximum atomic E-state index is 11.9. The van der Waals surface area contributed by atoms with Crippen molar-refractivity contribution in [3.63, 3.8) is 0 Å². The van der Waals surface area contributed by atoms with Crippen molar-refractivity contribution in [2.45, 2.75) is 39.5 Å². The van der Waals surface area contributed by atoms with E-state index in [0.717, 1.165) is 11.1 Å². The zero-order valence-corrected chi connectivity index (χ0v) is 16.1. The molecule has 1 aromatic carbocycles. The van der Waals surface area contributed by atoms with E-state index in [4.69, 9.17) is 0 Å². The predicted molar refractivity (Wildman–Crippen MR) is 54.1 cm³/mol. The quantitative estimate of drug-likeness (QED) is 0.755. The zero-order valence-electron chi connectivity index (χ0n) is 9.79. The van der Waals surface area contributed by atoms with E-state index >= 15 is 0 Å². The molecule has 0 radical (unpaired) electrons. The zero-order chi connectivity index (χ0) is 10.0. The second-order valence-corrected chi connectivity index (χ2v) is 4.07. The average Bonchev–Trinajstić information content (AvgIpc) is 2.03. The third-order valence-electron chi connectivity index (χ3n) is 2.32. The smallest absolute Gasteiger partial charge is 0.872 e. The van der Waals surface area contributed by atoms with Gasteiger partial charge in [0.05, 0.1) is 0 Å². The molecule has 14 heavy (non-hydrogen) atoms. The molecule has 0 aliphatic rings. The van der Waals surface area contributed by atoms with Crippen LogP contribution >= 0.6 is 0 Å². The first-order valence-corrected chi connectivity index (χ1v) is 4.83. The molecule has 0 aromatic heterocycles. The molecule has 1 nitrogen and oxygen atoms in total. The number of hydrogen-bond acceptors (Lipinski definition) is 1. The minimum absolute atomic E-state index is 0. The van der Waals surface area contributed by atoms with Crippen molar-refractivity contribution in [3.8, 4) is 5.75 Å². The van der Waals surface area contributed by atoms with E-state index in [9.17, 15) is 5.11 Å². The molecule has 1 rings (SSSR count). The van der Waals surface area contributed by atoms with Crippen LogP contribution in [0.25, 0.3) is 0 Å². The summed E-state index contributed by atoms with van der Waals surface area (Å²) in [4.78, 5) is 0. The van der Waals surface area contributed by atoms with E-state index in [2.05, 4.69) is 27.7 Å². The van der Waals surface area contributed by atoms with Crippen molar-refractivity contribution < 1.29 is 74.0 Å². The maximum absolute atomic E-state index is 11.9. The van der Waals surface area contributed by atoms with Gasteiger partial charge in [-0.15, -0.1) is 5.75 Å². The molecule has 72 valence electrons. The Kier molecular flexibility index (Phi) is 7.12. The summed E-state index contributed by atoms with van der Waals surface area (Å²) in [5, 5.41) is 11.9. The van der Waals surface area contributed by atoms with Crippen LogP contribution in [0.1, 0.15) is 50.7 Å². The van der Waals surface area contributed by atoms with E-state index < -0.39 is 0 Å². The summed E-state index contributed by atoms with van der Waals surface area (Å²) in [5.41, 5.74) is 1.87. The van der Waals surface area contributed by atoms with E-state index in [1.54, 1.807) is 0 Å². The summed E-state index contributed by atoms with van der Waals surface area (Å²) in [6.45, 7) is 8.23. The van der Waals surface area contributed by atoms with Gasteiger partial charge in [0.15, 0.2) is 0 Å². The number of rotatable bonds is 2. The van der Waals surface area contributed by atoms with E-state index in [1.165, 1.54) is 0 Å². The van der Waals surface area contributed by atoms with Gasteiger partial charge in [-0.1, -0.05) is 57.0 Å². The Balaban J connectivity index is 0.00000169. The Hall–Kier alpha value is 1.07. The van der Waals surface area contributed by atoms with Crippen LogP contribution in [0.5, 0.6) is 5.75 Å². The van der Waals surface area contributed by atoms with Gasteiger partial charge < -0.3 is 5.11 Å². The largest absolute Gasteiger partial charge is 1.00 e. The van der Waals surface area contributed by atoms with Gasteiger partial charge in [-0.3, -0.25) is 0 Å². The van der Waals surface area contributed by atoms with Crippen LogP contribution in [0.15, 0.2) is 18.2 Å². The van der Waals surface area contributed by atoms with Gasteiger partial charge >= 0.3 is 68.9 Å². The first-order chi connectivity index (χ1) is 6.04. The second-order valence-electron chi connectivity index (χ2n) is 4.07. The van der Waals surface area contributed by atoms with Crippen LogP contribution in [0, 0.1) is 0 Å². The fourth-order valence-corrected chi connectivity index (χ4v) is 1.48. The Labute approximate surface area is 146 Å². The first-order valence-electron chi connectivity index (χ1n) is 4.83. The van der Waals surface area contributed by atoms with Gasteiger partial charge in [-0.25, -0.2) is 0 Å². The molecule has 0 aliphatic carbocycles. The Morgan fingerprint density at radius 2 is 1.29 bits per heavy atom. The number of para-hydroxylation sites is 1. The summed E-state index contributed by atoms with van der Waals surface area (Å²) >= 11 is 0. The molecule has 0 atom stereocenters. The van der Waals surface area contributed by atoms with Crippen molar-refractivity contribution in [3.05, 3.63) is 29.3 Å². The molecule has 0 bridgehead atoms. The summed E-state index contributed by atoms with van der Waals surface area (Å²) in [7, 11) is 0. The molecule has 0 saturated carbocycles. The first kappa shape index (κ1) is 15.1. The van der Waals surface area contributed by atoms with Crippen molar-refractivity contribution in [2.75, 3.05) is 0 Å². The van der Waals surface area contributed by atoms with Gasteiger partial charge in [-0.2, -0.15) is 0 Å². The SMILES string of the molecule is CC(C)c1cccc(C(C)C)c1[O-].[Cs+]. The van der Waals surface area contributed by atoms with Crippen LogP contribution in [0.3, 0.4) is 0 Å². The molecule has 0 heterocycles. The molecule has 0 unspecified atom stereocenters. The van der Waals surface area contributed by atoms with Crippen LogP contribution in [0.4, 0.5) is 0 Å². The monoisotopic (exact) mass is 310 g/mol. The Morgan fingerprint density at radius 3 is 1.57 bits per heavy atom. The molecule has 1 aromatic rings. The number of benzene rings is 1. The summed E-state index contributed by atoms with van der Waals surface area (Å²) < 4.78 is 0. The molecule has 0 aliphatic heterocycles. The van der Waals surface area contributed by atoms with Crippen LogP contribution in [0.2, 0.25) is 0 Å². The molecular weight excluding hydrogens is 293 g/mol. The van der Waals surface area contributed by atoms with E-state index in [0.29, 0.717) is 11.8 Å². The maximum Gasteiger partial charge on any atom is 1.00 e. The fraction of sp³-hybridized carbons (Fsp3) is 0.500. The second kappa shape index (κ2) is 6.61. The summed E-state index contributed by atoms with van der Waals surface area (Å²) in [6, 6.07) is 5.84. The molecule has 0 N–H and O–H groups in total. The molecule has 2 heteroatoms. The molecule has 0 spiro atoms. The van der Waals surface area contributed by atoms with Gasteiger partial charge in [-0.05, 0) is 11.8 Å². The summed E-state index contributed by atoms with van der Waals surface area (Å²) in [5.74, 6) is 0.880. The normalized spacial score (nSPS) is 10.4. The fourth-order valence-electron chi connectivity index (χ4n) is 1.48. The van der Waals surface area contributed by atoms with Gasteiger partial charge in [0.1, 0.15) is 0 Å². The van der Waals surface area contributed by atoms with Gasteiger partial charge in [0.25, 0.3) is 0 Å². The molecule has 0 fully saturated rings. The Bertz CT molecular complexity index is 266. The summed E-state index contributed by atoms with van der Waals surface area (Å²) in [6.07, 6.45) is 0. The minimum atomic E-state index is 0. The standard InChI is InChI=1S/C12H18O.Cs/c1-8(2)10-6-5-7-11(9(3)4)12(10)13;/h5-9,13H,1-4H3;/q;+1/p-1. The van der Waals surface area contributed by atoms with Crippen molar-refractivity contribution in [2.24, 2.45) is 0 Å². The molecule has 0 saturated heterocycles. The minimum Gasteiger partial charge on any atom is -0.872 e. The van der Waals surface area contributed by atoms with Crippen LogP contribution in [-0.2, 0) is 0 Å². The van der Waals surface area contributed by atoms with Crippen molar-refractivity contribution >= 4 is 0 Å². The molecule has 0 amide bonds. The topological polar surface area (TPSA) is 23.1 Å². The van der Waals surface area contributed by atoms with Crippen LogP contribution in [-0.4, -0.2) is 0 Å². The van der Waals surface area contributed by atoms with Crippen LogP contribution < -0.4 is 74.0 Å². The van der Waals surface area contributed by atoms with Crippen molar-refractivity contribution in [1.82, 2.24) is 0 Å². The third kappa shape index (κ3) is 3.58. The third-order valence-corrected chi connectivity index (χ3v) is 2.32. The predicted octanol–water partition coefficient (Wildman–Crippen LogP) is 0.0110. The van der Waals surface area contributed by atoms with E-state index in [1.807, 2.05) is 18.2 Å². The van der Waals surface area contributed by atoms with E-state index in [-0.39, 0.29) is 74.6 Å². The Morgan fingerprint density at radius 1 is 0.929 bits per heavy atom. The molecular formula is C12H17CsO. The van der Waals surface area contributed by atoms with Crippen molar-refractivity contribution in [1.29, 1.82) is 0 Å². The van der Waals surface area contributed by atoms with Gasteiger partial charge in [0.2, 0.25) is 0 Å². The van der Waals surface area contributed by atoms with Gasteiger partial charge in [0, 0.05) is 0 Å². The average molecular weight is 310 g/mol.